The molecular weight excluding hydrogens is 302 g/mol. The SMILES string of the molecule is CCCc1noc([C@H](C)N2CCC(OCc3ccccc3)CC2)n1. The van der Waals surface area contributed by atoms with E-state index in [0.717, 1.165) is 50.5 Å². The van der Waals surface area contributed by atoms with Gasteiger partial charge in [0.1, 0.15) is 0 Å². The third-order valence-electron chi connectivity index (χ3n) is 4.67. The lowest BCUT2D eigenvalue weighted by atomic mass is 10.1. The predicted octanol–water partition coefficient (Wildman–Crippen LogP) is 3.76. The maximum Gasteiger partial charge on any atom is 0.243 e. The number of aromatic nitrogens is 2. The summed E-state index contributed by atoms with van der Waals surface area (Å²) < 4.78 is 11.5. The second-order valence-electron chi connectivity index (χ2n) is 6.51. The van der Waals surface area contributed by atoms with E-state index in [9.17, 15) is 0 Å². The van der Waals surface area contributed by atoms with Crippen LogP contribution < -0.4 is 0 Å². The summed E-state index contributed by atoms with van der Waals surface area (Å²) >= 11 is 0. The number of rotatable bonds is 7. The summed E-state index contributed by atoms with van der Waals surface area (Å²) in [6.45, 7) is 6.98. The number of ether oxygens (including phenoxy) is 1. The molecule has 2 aromatic rings. The van der Waals surface area contributed by atoms with Crippen molar-refractivity contribution in [3.8, 4) is 0 Å². The molecule has 1 fully saturated rings. The van der Waals surface area contributed by atoms with Gasteiger partial charge >= 0.3 is 0 Å². The zero-order valence-corrected chi connectivity index (χ0v) is 14.6. The molecule has 5 nitrogen and oxygen atoms in total. The van der Waals surface area contributed by atoms with Crippen LogP contribution in [0.15, 0.2) is 34.9 Å². The lowest BCUT2D eigenvalue weighted by Crippen LogP contribution is -2.38. The molecular formula is C19H27N3O2. The summed E-state index contributed by atoms with van der Waals surface area (Å²) in [5, 5.41) is 4.06. The number of likely N-dealkylation sites (tertiary alicyclic amines) is 1. The van der Waals surface area contributed by atoms with Crippen molar-refractivity contribution < 1.29 is 9.26 Å². The zero-order valence-electron chi connectivity index (χ0n) is 14.6. The minimum atomic E-state index is 0.179. The number of hydrogen-bond donors (Lipinski definition) is 0. The van der Waals surface area contributed by atoms with E-state index < -0.39 is 0 Å². The van der Waals surface area contributed by atoms with Gasteiger partial charge in [0.15, 0.2) is 5.82 Å². The quantitative estimate of drug-likeness (QED) is 0.774. The highest BCUT2D eigenvalue weighted by molar-refractivity contribution is 5.13. The molecule has 0 unspecified atom stereocenters. The Kier molecular flexibility index (Phi) is 5.99. The van der Waals surface area contributed by atoms with Gasteiger partial charge in [-0.05, 0) is 31.7 Å². The van der Waals surface area contributed by atoms with E-state index >= 15 is 0 Å². The van der Waals surface area contributed by atoms with E-state index in [1.165, 1.54) is 5.56 Å². The molecule has 0 amide bonds. The highest BCUT2D eigenvalue weighted by atomic mass is 16.5. The molecule has 0 spiro atoms. The van der Waals surface area contributed by atoms with Gasteiger partial charge < -0.3 is 9.26 Å². The monoisotopic (exact) mass is 329 g/mol. The number of aryl methyl sites for hydroxylation is 1. The Hall–Kier alpha value is -1.72. The first-order valence-electron chi connectivity index (χ1n) is 8.98. The van der Waals surface area contributed by atoms with Crippen LogP contribution in [-0.2, 0) is 17.8 Å². The van der Waals surface area contributed by atoms with Crippen LogP contribution in [0.1, 0.15) is 56.4 Å². The summed E-state index contributed by atoms with van der Waals surface area (Å²) in [6.07, 6.45) is 4.36. The Labute approximate surface area is 144 Å². The number of nitrogens with zero attached hydrogens (tertiary/aromatic N) is 3. The number of hydrogen-bond acceptors (Lipinski definition) is 5. The van der Waals surface area contributed by atoms with Crippen molar-refractivity contribution in [3.05, 3.63) is 47.6 Å². The van der Waals surface area contributed by atoms with E-state index in [-0.39, 0.29) is 6.04 Å². The van der Waals surface area contributed by atoms with Crippen molar-refractivity contribution in [1.29, 1.82) is 0 Å². The van der Waals surface area contributed by atoms with Crippen molar-refractivity contribution in [2.24, 2.45) is 0 Å². The van der Waals surface area contributed by atoms with Crippen LogP contribution in [-0.4, -0.2) is 34.2 Å². The van der Waals surface area contributed by atoms with Crippen molar-refractivity contribution >= 4 is 0 Å². The minimum absolute atomic E-state index is 0.179. The standard InChI is InChI=1S/C19H27N3O2/c1-3-7-18-20-19(24-21-18)15(2)22-12-10-17(11-13-22)23-14-16-8-5-4-6-9-16/h4-6,8-9,15,17H,3,7,10-14H2,1-2H3/t15-/m0/s1. The molecule has 2 heterocycles. The van der Waals surface area contributed by atoms with Crippen LogP contribution in [0.3, 0.4) is 0 Å². The predicted molar refractivity (Wildman–Crippen MR) is 92.5 cm³/mol. The Morgan fingerprint density at radius 2 is 2.00 bits per heavy atom. The molecule has 1 aliphatic heterocycles. The minimum Gasteiger partial charge on any atom is -0.373 e. The Morgan fingerprint density at radius 1 is 1.25 bits per heavy atom. The highest BCUT2D eigenvalue weighted by Gasteiger charge is 2.27. The average molecular weight is 329 g/mol. The highest BCUT2D eigenvalue weighted by Crippen LogP contribution is 2.24. The van der Waals surface area contributed by atoms with Crippen LogP contribution in [0.5, 0.6) is 0 Å². The van der Waals surface area contributed by atoms with E-state index in [0.29, 0.717) is 12.7 Å². The molecule has 1 atom stereocenters. The molecule has 0 N–H and O–H groups in total. The van der Waals surface area contributed by atoms with Gasteiger partial charge in [-0.2, -0.15) is 4.98 Å². The molecule has 5 heteroatoms. The fraction of sp³-hybridized carbons (Fsp3) is 0.579. The third kappa shape index (κ3) is 4.42. The lowest BCUT2D eigenvalue weighted by molar-refractivity contribution is -0.0124. The van der Waals surface area contributed by atoms with E-state index in [2.05, 4.69) is 53.2 Å². The topological polar surface area (TPSA) is 51.4 Å². The fourth-order valence-electron chi connectivity index (χ4n) is 3.14. The van der Waals surface area contributed by atoms with Crippen molar-refractivity contribution in [2.45, 2.75) is 58.3 Å². The molecule has 3 rings (SSSR count). The summed E-state index contributed by atoms with van der Waals surface area (Å²) in [6, 6.07) is 10.5. The smallest absolute Gasteiger partial charge is 0.243 e. The largest absolute Gasteiger partial charge is 0.373 e. The Morgan fingerprint density at radius 3 is 2.71 bits per heavy atom. The first-order chi connectivity index (χ1) is 11.8. The molecule has 130 valence electrons. The van der Waals surface area contributed by atoms with Crippen molar-refractivity contribution in [1.82, 2.24) is 15.0 Å². The second kappa shape index (κ2) is 8.40. The third-order valence-corrected chi connectivity index (χ3v) is 4.67. The van der Waals surface area contributed by atoms with Crippen LogP contribution in [0.2, 0.25) is 0 Å². The molecule has 0 radical (unpaired) electrons. The summed E-state index contributed by atoms with van der Waals surface area (Å²) in [5.41, 5.74) is 1.24. The van der Waals surface area contributed by atoms with Gasteiger partial charge in [0.05, 0.1) is 18.8 Å². The summed E-state index contributed by atoms with van der Waals surface area (Å²) in [5.74, 6) is 1.56. The van der Waals surface area contributed by atoms with E-state index in [1.807, 2.05) is 6.07 Å². The Bertz CT molecular complexity index is 606. The summed E-state index contributed by atoms with van der Waals surface area (Å²) in [7, 11) is 0. The maximum atomic E-state index is 6.06. The van der Waals surface area contributed by atoms with Crippen LogP contribution >= 0.6 is 0 Å². The van der Waals surface area contributed by atoms with Crippen LogP contribution in [0.25, 0.3) is 0 Å². The molecule has 0 aliphatic carbocycles. The second-order valence-corrected chi connectivity index (χ2v) is 6.51. The van der Waals surface area contributed by atoms with Gasteiger partial charge in [0.25, 0.3) is 0 Å². The normalized spacial score (nSPS) is 17.9. The van der Waals surface area contributed by atoms with Gasteiger partial charge in [-0.25, -0.2) is 0 Å². The first-order valence-corrected chi connectivity index (χ1v) is 8.98. The lowest BCUT2D eigenvalue weighted by Gasteiger charge is -2.34. The first kappa shape index (κ1) is 17.1. The van der Waals surface area contributed by atoms with Gasteiger partial charge in [-0.15, -0.1) is 0 Å². The van der Waals surface area contributed by atoms with Gasteiger partial charge in [-0.1, -0.05) is 42.4 Å². The van der Waals surface area contributed by atoms with E-state index in [1.54, 1.807) is 0 Å². The summed E-state index contributed by atoms with van der Waals surface area (Å²) in [4.78, 5) is 6.93. The molecule has 1 aliphatic rings. The van der Waals surface area contributed by atoms with Crippen molar-refractivity contribution in [3.63, 3.8) is 0 Å². The molecule has 1 aromatic carbocycles. The Balaban J connectivity index is 1.45. The molecule has 1 aromatic heterocycles. The van der Waals surface area contributed by atoms with Crippen molar-refractivity contribution in [2.75, 3.05) is 13.1 Å². The van der Waals surface area contributed by atoms with Crippen LogP contribution in [0, 0.1) is 0 Å². The molecule has 1 saturated heterocycles. The van der Waals surface area contributed by atoms with Gasteiger partial charge in [0.2, 0.25) is 5.89 Å². The molecule has 0 bridgehead atoms. The number of benzene rings is 1. The molecule has 0 saturated carbocycles. The fourth-order valence-corrected chi connectivity index (χ4v) is 3.14. The average Bonchev–Trinajstić information content (AvgIpc) is 3.10. The van der Waals surface area contributed by atoms with Gasteiger partial charge in [-0.3, -0.25) is 4.90 Å². The van der Waals surface area contributed by atoms with E-state index in [4.69, 9.17) is 9.26 Å². The van der Waals surface area contributed by atoms with Crippen LogP contribution in [0.4, 0.5) is 0 Å². The van der Waals surface area contributed by atoms with Gasteiger partial charge in [0, 0.05) is 19.5 Å². The number of piperidine rings is 1. The zero-order chi connectivity index (χ0) is 16.8. The maximum absolute atomic E-state index is 6.06. The molecule has 24 heavy (non-hydrogen) atoms.